The number of amides is 1. The van der Waals surface area contributed by atoms with Crippen LogP contribution in [0, 0.1) is 10.1 Å². The van der Waals surface area contributed by atoms with E-state index in [0.29, 0.717) is 21.5 Å². The number of nitrogens with zero attached hydrogens (tertiary/aromatic N) is 5. The van der Waals surface area contributed by atoms with Gasteiger partial charge in [-0.3, -0.25) is 14.9 Å². The van der Waals surface area contributed by atoms with Gasteiger partial charge in [0.15, 0.2) is 5.16 Å². The first-order valence-corrected chi connectivity index (χ1v) is 11.5. The first-order chi connectivity index (χ1) is 16.0. The van der Waals surface area contributed by atoms with Crippen molar-refractivity contribution in [2.45, 2.75) is 20.8 Å². The van der Waals surface area contributed by atoms with Crippen molar-refractivity contribution in [2.24, 2.45) is 7.05 Å². The molecule has 0 saturated heterocycles. The number of aryl methyl sites for hydroxylation is 1. The SMILES string of the molecule is Cn1cnnc1Sc1ccc(C(=O)Nc2cccc(CSc3ccccn3)c2)cc1[N+](=O)[O-]. The molecular weight excluding hydrogens is 460 g/mol. The normalized spacial score (nSPS) is 10.7. The fraction of sp³-hybridized carbons (Fsp3) is 0.0909. The quantitative estimate of drug-likeness (QED) is 0.218. The number of thioether (sulfide) groups is 1. The van der Waals surface area contributed by atoms with Gasteiger partial charge in [0.05, 0.1) is 14.8 Å². The summed E-state index contributed by atoms with van der Waals surface area (Å²) in [5.74, 6) is 0.267. The number of nitro groups is 1. The molecule has 2 heterocycles. The Bertz CT molecular complexity index is 1300. The second-order valence-electron chi connectivity index (χ2n) is 6.88. The summed E-state index contributed by atoms with van der Waals surface area (Å²) in [5.41, 5.74) is 1.65. The van der Waals surface area contributed by atoms with E-state index in [9.17, 15) is 14.9 Å². The minimum Gasteiger partial charge on any atom is -0.322 e. The number of benzene rings is 2. The first-order valence-electron chi connectivity index (χ1n) is 9.74. The molecule has 2 aromatic carbocycles. The molecule has 1 amide bonds. The van der Waals surface area contributed by atoms with Crippen LogP contribution in [0.2, 0.25) is 0 Å². The lowest BCUT2D eigenvalue weighted by Crippen LogP contribution is -2.12. The minimum absolute atomic E-state index is 0.170. The van der Waals surface area contributed by atoms with Crippen molar-refractivity contribution in [2.75, 3.05) is 5.32 Å². The van der Waals surface area contributed by atoms with Crippen molar-refractivity contribution in [3.63, 3.8) is 0 Å². The minimum atomic E-state index is -0.509. The second kappa shape index (κ2) is 10.3. The Morgan fingerprint density at radius 2 is 2.03 bits per heavy atom. The van der Waals surface area contributed by atoms with Crippen LogP contribution in [0.15, 0.2) is 88.3 Å². The Kier molecular flexibility index (Phi) is 7.01. The van der Waals surface area contributed by atoms with Crippen molar-refractivity contribution in [3.8, 4) is 0 Å². The van der Waals surface area contributed by atoms with Gasteiger partial charge in [-0.1, -0.05) is 18.2 Å². The molecule has 166 valence electrons. The smallest absolute Gasteiger partial charge is 0.284 e. The number of hydrogen-bond donors (Lipinski definition) is 1. The molecule has 4 rings (SSSR count). The fourth-order valence-corrected chi connectivity index (χ4v) is 4.54. The molecule has 0 atom stereocenters. The van der Waals surface area contributed by atoms with Gasteiger partial charge < -0.3 is 9.88 Å². The average molecular weight is 479 g/mol. The highest BCUT2D eigenvalue weighted by atomic mass is 32.2. The summed E-state index contributed by atoms with van der Waals surface area (Å²) in [5, 5.41) is 23.6. The van der Waals surface area contributed by atoms with Crippen LogP contribution in [0.4, 0.5) is 11.4 Å². The molecule has 0 fully saturated rings. The predicted octanol–water partition coefficient (Wildman–Crippen LogP) is 4.81. The molecule has 0 bridgehead atoms. The highest BCUT2D eigenvalue weighted by Crippen LogP contribution is 2.34. The molecule has 2 aromatic heterocycles. The lowest BCUT2D eigenvalue weighted by Gasteiger charge is -2.09. The Hall–Kier alpha value is -3.70. The lowest BCUT2D eigenvalue weighted by molar-refractivity contribution is -0.387. The van der Waals surface area contributed by atoms with Gasteiger partial charge in [-0.05, 0) is 53.7 Å². The lowest BCUT2D eigenvalue weighted by atomic mass is 10.1. The first kappa shape index (κ1) is 22.5. The second-order valence-corrected chi connectivity index (χ2v) is 8.88. The largest absolute Gasteiger partial charge is 0.322 e. The molecule has 0 aliphatic carbocycles. The molecule has 0 aliphatic heterocycles. The molecule has 33 heavy (non-hydrogen) atoms. The van der Waals surface area contributed by atoms with Crippen molar-refractivity contribution < 1.29 is 9.72 Å². The molecule has 0 spiro atoms. The van der Waals surface area contributed by atoms with Crippen molar-refractivity contribution in [1.29, 1.82) is 0 Å². The highest BCUT2D eigenvalue weighted by Gasteiger charge is 2.20. The topological polar surface area (TPSA) is 116 Å². The maximum Gasteiger partial charge on any atom is 0.284 e. The number of pyridine rings is 1. The standard InChI is InChI=1S/C22H18N6O3S2/c1-27-14-24-26-22(27)33-19-9-8-16(12-18(19)28(30)31)21(29)25-17-6-4-5-15(11-17)13-32-20-7-2-3-10-23-20/h2-12,14H,13H2,1H3,(H,25,29). The molecule has 11 heteroatoms. The van der Waals surface area contributed by atoms with E-state index >= 15 is 0 Å². The number of aromatic nitrogens is 4. The van der Waals surface area contributed by atoms with E-state index in [0.717, 1.165) is 22.4 Å². The molecule has 0 unspecified atom stereocenters. The zero-order valence-corrected chi connectivity index (χ0v) is 19.0. The number of hydrogen-bond acceptors (Lipinski definition) is 8. The van der Waals surface area contributed by atoms with Gasteiger partial charge in [-0.2, -0.15) is 0 Å². The Balaban J connectivity index is 1.47. The summed E-state index contributed by atoms with van der Waals surface area (Å²) in [7, 11) is 1.75. The third-order valence-electron chi connectivity index (χ3n) is 4.50. The summed E-state index contributed by atoms with van der Waals surface area (Å²) in [6.45, 7) is 0. The molecule has 0 aliphatic rings. The molecule has 0 radical (unpaired) electrons. The van der Waals surface area contributed by atoms with E-state index in [2.05, 4.69) is 20.5 Å². The fourth-order valence-electron chi connectivity index (χ4n) is 2.88. The molecule has 4 aromatic rings. The number of nitrogens with one attached hydrogen (secondary N) is 1. The van der Waals surface area contributed by atoms with E-state index in [-0.39, 0.29) is 11.3 Å². The summed E-state index contributed by atoms with van der Waals surface area (Å²) < 4.78 is 1.66. The van der Waals surface area contributed by atoms with Crippen LogP contribution in [0.25, 0.3) is 0 Å². The van der Waals surface area contributed by atoms with Crippen LogP contribution in [0.3, 0.4) is 0 Å². The predicted molar refractivity (Wildman–Crippen MR) is 126 cm³/mol. The summed E-state index contributed by atoms with van der Waals surface area (Å²) in [6, 6.07) is 17.6. The summed E-state index contributed by atoms with van der Waals surface area (Å²) >= 11 is 2.71. The Labute approximate surface area is 197 Å². The number of nitro benzene ring substituents is 1. The Morgan fingerprint density at radius 3 is 2.76 bits per heavy atom. The van der Waals surface area contributed by atoms with Crippen LogP contribution in [0.5, 0.6) is 0 Å². The van der Waals surface area contributed by atoms with Gasteiger partial charge in [-0.25, -0.2) is 4.98 Å². The summed E-state index contributed by atoms with van der Waals surface area (Å²) in [4.78, 5) is 28.5. The van der Waals surface area contributed by atoms with E-state index < -0.39 is 10.8 Å². The third-order valence-corrected chi connectivity index (χ3v) is 6.63. The molecule has 1 N–H and O–H groups in total. The molecule has 9 nitrogen and oxygen atoms in total. The van der Waals surface area contributed by atoms with Gasteiger partial charge in [0.25, 0.3) is 11.6 Å². The maximum atomic E-state index is 12.8. The van der Waals surface area contributed by atoms with Crippen LogP contribution < -0.4 is 5.32 Å². The maximum absolute atomic E-state index is 12.8. The molecular formula is C22H18N6O3S2. The number of anilines is 1. The number of carbonyl (C=O) groups is 1. The van der Waals surface area contributed by atoms with Crippen molar-refractivity contribution in [1.82, 2.24) is 19.7 Å². The zero-order valence-electron chi connectivity index (χ0n) is 17.4. The number of rotatable bonds is 8. The van der Waals surface area contributed by atoms with Crippen LogP contribution in [-0.2, 0) is 12.8 Å². The van der Waals surface area contributed by atoms with E-state index in [1.807, 2.05) is 36.4 Å². The number of carbonyl (C=O) groups excluding carboxylic acids is 1. The average Bonchev–Trinajstić information content (AvgIpc) is 3.23. The highest BCUT2D eigenvalue weighted by molar-refractivity contribution is 7.99. The van der Waals surface area contributed by atoms with E-state index in [1.54, 1.807) is 47.8 Å². The van der Waals surface area contributed by atoms with E-state index in [1.165, 1.54) is 12.4 Å². The van der Waals surface area contributed by atoms with Gasteiger partial charge in [0, 0.05) is 36.3 Å². The van der Waals surface area contributed by atoms with Gasteiger partial charge in [-0.15, -0.1) is 22.0 Å². The van der Waals surface area contributed by atoms with Crippen molar-refractivity contribution in [3.05, 3.63) is 94.4 Å². The summed E-state index contributed by atoms with van der Waals surface area (Å²) in [6.07, 6.45) is 3.26. The third kappa shape index (κ3) is 5.76. The van der Waals surface area contributed by atoms with E-state index in [4.69, 9.17) is 0 Å². The van der Waals surface area contributed by atoms with Crippen molar-refractivity contribution >= 4 is 40.8 Å². The Morgan fingerprint density at radius 1 is 1.15 bits per heavy atom. The monoisotopic (exact) mass is 478 g/mol. The van der Waals surface area contributed by atoms with Crippen LogP contribution in [-0.4, -0.2) is 30.6 Å². The van der Waals surface area contributed by atoms with Crippen LogP contribution >= 0.6 is 23.5 Å². The van der Waals surface area contributed by atoms with Crippen LogP contribution in [0.1, 0.15) is 15.9 Å². The molecule has 0 saturated carbocycles. The zero-order chi connectivity index (χ0) is 23.2. The van der Waals surface area contributed by atoms with Gasteiger partial charge in [0.2, 0.25) is 0 Å². The van der Waals surface area contributed by atoms with Gasteiger partial charge in [0.1, 0.15) is 6.33 Å². The van der Waals surface area contributed by atoms with Gasteiger partial charge >= 0.3 is 0 Å².